The molecule has 0 aliphatic rings. The molecule has 0 saturated heterocycles. The van der Waals surface area contributed by atoms with Gasteiger partial charge in [-0.05, 0) is 33.0 Å². The molecule has 0 bridgehead atoms. The topological polar surface area (TPSA) is 43.6 Å². The first kappa shape index (κ1) is 25.4. The number of benzene rings is 7. The maximum atomic E-state index is 5.27. The van der Waals surface area contributed by atoms with E-state index >= 15 is 0 Å². The van der Waals surface area contributed by atoms with E-state index in [0.717, 1.165) is 22.2 Å². The average Bonchev–Trinajstić information content (AvgIpc) is 3.77. The fourth-order valence-corrected chi connectivity index (χ4v) is 8.11. The number of thiophene rings is 1. The van der Waals surface area contributed by atoms with Gasteiger partial charge in [0.15, 0.2) is 11.6 Å². The summed E-state index contributed by atoms with van der Waals surface area (Å²) in [6.45, 7) is 0. The van der Waals surface area contributed by atoms with Crippen LogP contribution in [0.1, 0.15) is 0 Å². The molecule has 214 valence electrons. The quantitative estimate of drug-likeness (QED) is 0.188. The van der Waals surface area contributed by atoms with Gasteiger partial charge in [-0.15, -0.1) is 11.3 Å². The summed E-state index contributed by atoms with van der Waals surface area (Å²) in [5.74, 6) is 1.90. The van der Waals surface area contributed by atoms with Gasteiger partial charge in [-0.1, -0.05) is 133 Å². The van der Waals surface area contributed by atoms with Crippen LogP contribution in [0, 0.1) is 0 Å². The molecule has 10 aromatic rings. The van der Waals surface area contributed by atoms with Gasteiger partial charge in [-0.2, -0.15) is 9.97 Å². The molecular weight excluding hydrogens is 581 g/mol. The summed E-state index contributed by atoms with van der Waals surface area (Å²) in [4.78, 5) is 15.6. The van der Waals surface area contributed by atoms with Gasteiger partial charge in [0.2, 0.25) is 5.95 Å². The zero-order chi connectivity index (χ0) is 30.2. The highest BCUT2D eigenvalue weighted by Crippen LogP contribution is 2.48. The van der Waals surface area contributed by atoms with Crippen LogP contribution < -0.4 is 0 Å². The molecule has 4 nitrogen and oxygen atoms in total. The summed E-state index contributed by atoms with van der Waals surface area (Å²) in [6.07, 6.45) is 0. The Hall–Kier alpha value is -5.91. The standard InChI is InChI=1S/C41H24N4S/c1-3-13-25(14-4-1)39-42-40(26-15-5-2-6-16-26)44-41(43-39)45-36-31-21-11-8-18-28(31)27-17-7-9-19-29(27)34(36)35-30-20-10-12-22-32(30)38-33(37(35)45)23-24-46-38/h1-24H. The van der Waals surface area contributed by atoms with Crippen LogP contribution >= 0.6 is 11.3 Å². The molecule has 0 aliphatic heterocycles. The third-order valence-electron chi connectivity index (χ3n) is 9.09. The van der Waals surface area contributed by atoms with Gasteiger partial charge in [0, 0.05) is 42.8 Å². The second-order valence-electron chi connectivity index (χ2n) is 11.6. The molecule has 10 rings (SSSR count). The van der Waals surface area contributed by atoms with Crippen molar-refractivity contribution in [3.8, 4) is 28.7 Å². The van der Waals surface area contributed by atoms with Crippen molar-refractivity contribution in [3.05, 3.63) is 145 Å². The Morgan fingerprint density at radius 3 is 1.46 bits per heavy atom. The van der Waals surface area contributed by atoms with E-state index < -0.39 is 0 Å². The molecule has 0 N–H and O–H groups in total. The Balaban J connectivity index is 1.50. The highest BCUT2D eigenvalue weighted by molar-refractivity contribution is 7.18. The molecule has 5 heteroatoms. The molecule has 0 amide bonds. The average molecular weight is 605 g/mol. The number of hydrogen-bond acceptors (Lipinski definition) is 4. The second kappa shape index (κ2) is 9.80. The molecule has 0 aliphatic carbocycles. The smallest absolute Gasteiger partial charge is 0.238 e. The lowest BCUT2D eigenvalue weighted by molar-refractivity contribution is 0.957. The lowest BCUT2D eigenvalue weighted by atomic mass is 9.94. The zero-order valence-corrected chi connectivity index (χ0v) is 25.4. The van der Waals surface area contributed by atoms with E-state index in [4.69, 9.17) is 15.0 Å². The summed E-state index contributed by atoms with van der Waals surface area (Å²) in [7, 11) is 0. The first-order valence-electron chi connectivity index (χ1n) is 15.4. The first-order valence-corrected chi connectivity index (χ1v) is 16.3. The molecule has 0 unspecified atom stereocenters. The lowest BCUT2D eigenvalue weighted by Gasteiger charge is -2.13. The predicted octanol–water partition coefficient (Wildman–Crippen LogP) is 11.0. The van der Waals surface area contributed by atoms with E-state index in [1.165, 1.54) is 53.2 Å². The van der Waals surface area contributed by atoms with Gasteiger partial charge in [0.25, 0.3) is 0 Å². The molecule has 7 aromatic carbocycles. The summed E-state index contributed by atoms with van der Waals surface area (Å²) >= 11 is 1.79. The van der Waals surface area contributed by atoms with Crippen molar-refractivity contribution in [3.63, 3.8) is 0 Å². The molecule has 0 spiro atoms. The van der Waals surface area contributed by atoms with Crippen molar-refractivity contribution in [2.45, 2.75) is 0 Å². The Bertz CT molecular complexity index is 2740. The third kappa shape index (κ3) is 3.57. The van der Waals surface area contributed by atoms with Gasteiger partial charge in [0.1, 0.15) is 0 Å². The van der Waals surface area contributed by atoms with Gasteiger partial charge in [-0.3, -0.25) is 4.57 Å². The normalized spacial score (nSPS) is 11.9. The van der Waals surface area contributed by atoms with Gasteiger partial charge < -0.3 is 0 Å². The van der Waals surface area contributed by atoms with Gasteiger partial charge >= 0.3 is 0 Å². The highest BCUT2D eigenvalue weighted by Gasteiger charge is 2.25. The Kier molecular flexibility index (Phi) is 5.41. The minimum Gasteiger partial charge on any atom is -0.276 e. The van der Waals surface area contributed by atoms with E-state index in [1.807, 2.05) is 36.4 Å². The Morgan fingerprint density at radius 1 is 0.391 bits per heavy atom. The molecular formula is C41H24N4S. The number of aromatic nitrogens is 4. The van der Waals surface area contributed by atoms with Crippen molar-refractivity contribution < 1.29 is 0 Å². The number of fused-ring (bicyclic) bond motifs is 13. The van der Waals surface area contributed by atoms with Crippen LogP contribution in [0.25, 0.3) is 92.9 Å². The molecule has 3 heterocycles. The van der Waals surface area contributed by atoms with Crippen LogP contribution in [0.3, 0.4) is 0 Å². The second-order valence-corrected chi connectivity index (χ2v) is 12.5. The van der Waals surface area contributed by atoms with E-state index in [1.54, 1.807) is 11.3 Å². The third-order valence-corrected chi connectivity index (χ3v) is 10.0. The summed E-state index contributed by atoms with van der Waals surface area (Å²) in [5.41, 5.74) is 4.13. The van der Waals surface area contributed by atoms with Crippen molar-refractivity contribution in [1.29, 1.82) is 0 Å². The highest BCUT2D eigenvalue weighted by atomic mass is 32.1. The number of rotatable bonds is 3. The molecule has 46 heavy (non-hydrogen) atoms. The maximum absolute atomic E-state index is 5.27. The molecule has 0 saturated carbocycles. The summed E-state index contributed by atoms with van der Waals surface area (Å²) < 4.78 is 3.59. The Morgan fingerprint density at radius 2 is 0.848 bits per heavy atom. The fourth-order valence-electron chi connectivity index (χ4n) is 7.17. The summed E-state index contributed by atoms with van der Waals surface area (Å²) in [5, 5.41) is 13.2. The number of hydrogen-bond donors (Lipinski definition) is 0. The largest absolute Gasteiger partial charge is 0.276 e. The van der Waals surface area contributed by atoms with Crippen molar-refractivity contribution in [2.24, 2.45) is 0 Å². The predicted molar refractivity (Wildman–Crippen MR) is 193 cm³/mol. The fraction of sp³-hybridized carbons (Fsp3) is 0. The van der Waals surface area contributed by atoms with Gasteiger partial charge in [0.05, 0.1) is 11.0 Å². The van der Waals surface area contributed by atoms with E-state index in [-0.39, 0.29) is 0 Å². The SMILES string of the molecule is c1ccc(-c2nc(-c3ccccc3)nc(-n3c4c5ccccc5c5ccccc5c4c4c5ccccc5c5sccc5c43)n2)cc1. The van der Waals surface area contributed by atoms with E-state index in [2.05, 4.69) is 113 Å². The van der Waals surface area contributed by atoms with Crippen LogP contribution in [-0.4, -0.2) is 19.5 Å². The minimum absolute atomic E-state index is 0.607. The zero-order valence-electron chi connectivity index (χ0n) is 24.6. The van der Waals surface area contributed by atoms with Crippen LogP contribution in [0.2, 0.25) is 0 Å². The van der Waals surface area contributed by atoms with Crippen molar-refractivity contribution in [1.82, 2.24) is 19.5 Å². The molecule has 0 radical (unpaired) electrons. The van der Waals surface area contributed by atoms with Crippen LogP contribution in [-0.2, 0) is 0 Å². The first-order chi connectivity index (χ1) is 22.8. The van der Waals surface area contributed by atoms with Gasteiger partial charge in [-0.25, -0.2) is 4.98 Å². The minimum atomic E-state index is 0.607. The molecule has 3 aromatic heterocycles. The summed E-state index contributed by atoms with van der Waals surface area (Å²) in [6, 6.07) is 49.0. The van der Waals surface area contributed by atoms with Crippen molar-refractivity contribution >= 4 is 75.5 Å². The number of nitrogens with zero attached hydrogens (tertiary/aromatic N) is 4. The van der Waals surface area contributed by atoms with Crippen LogP contribution in [0.4, 0.5) is 0 Å². The molecule has 0 fully saturated rings. The van der Waals surface area contributed by atoms with Crippen LogP contribution in [0.15, 0.2) is 145 Å². The lowest BCUT2D eigenvalue weighted by Crippen LogP contribution is -2.06. The van der Waals surface area contributed by atoms with E-state index in [9.17, 15) is 0 Å². The van der Waals surface area contributed by atoms with Crippen LogP contribution in [0.5, 0.6) is 0 Å². The monoisotopic (exact) mass is 604 g/mol. The molecule has 0 atom stereocenters. The van der Waals surface area contributed by atoms with E-state index in [0.29, 0.717) is 17.6 Å². The maximum Gasteiger partial charge on any atom is 0.238 e. The van der Waals surface area contributed by atoms with Crippen molar-refractivity contribution in [2.75, 3.05) is 0 Å². The Labute approximate surface area is 267 Å².